The molecule has 0 fully saturated rings. The van der Waals surface area contributed by atoms with Gasteiger partial charge in [0.15, 0.2) is 0 Å². The average Bonchev–Trinajstić information content (AvgIpc) is 2.51. The van der Waals surface area contributed by atoms with Gasteiger partial charge in [0.1, 0.15) is 11.5 Å². The normalized spacial score (nSPS) is 9.91. The minimum atomic E-state index is -0.424. The second-order valence-corrected chi connectivity index (χ2v) is 4.78. The Hall–Kier alpha value is -2.75. The van der Waals surface area contributed by atoms with Gasteiger partial charge in [-0.15, -0.1) is 0 Å². The molecule has 0 bridgehead atoms. The Morgan fingerprint density at radius 2 is 1.50 bits per heavy atom. The molecule has 0 aromatic heterocycles. The SMILES string of the molecule is C=C(C)C(=O)Oc1ccc(Nc2ccc(OCC)cc2)cc1. The number of rotatable bonds is 6. The fraction of sp³-hybridized carbons (Fsp3) is 0.167. The Balaban J connectivity index is 1.98. The molecule has 2 aromatic carbocycles. The van der Waals surface area contributed by atoms with E-state index >= 15 is 0 Å². The Kier molecular flexibility index (Phi) is 5.20. The van der Waals surface area contributed by atoms with Gasteiger partial charge in [0, 0.05) is 16.9 Å². The van der Waals surface area contributed by atoms with Crippen molar-refractivity contribution in [1.82, 2.24) is 0 Å². The highest BCUT2D eigenvalue weighted by molar-refractivity contribution is 5.88. The first-order valence-corrected chi connectivity index (χ1v) is 7.06. The lowest BCUT2D eigenvalue weighted by atomic mass is 10.2. The summed E-state index contributed by atoms with van der Waals surface area (Å²) in [6, 6.07) is 14.9. The van der Waals surface area contributed by atoms with Crippen LogP contribution in [-0.4, -0.2) is 12.6 Å². The predicted octanol–water partition coefficient (Wildman–Crippen LogP) is 4.31. The van der Waals surface area contributed by atoms with E-state index in [4.69, 9.17) is 9.47 Å². The molecule has 0 amide bonds. The molecule has 0 atom stereocenters. The standard InChI is InChI=1S/C18H19NO3/c1-4-21-16-9-5-14(6-10-16)19-15-7-11-17(12-8-15)22-18(20)13(2)3/h5-12,19H,2,4H2,1,3H3. The molecule has 0 spiro atoms. The zero-order chi connectivity index (χ0) is 15.9. The molecule has 1 N–H and O–H groups in total. The largest absolute Gasteiger partial charge is 0.494 e. The van der Waals surface area contributed by atoms with E-state index in [1.807, 2.05) is 43.3 Å². The molecule has 0 unspecified atom stereocenters. The molecule has 0 aliphatic carbocycles. The van der Waals surface area contributed by atoms with Crippen molar-refractivity contribution in [2.45, 2.75) is 13.8 Å². The zero-order valence-corrected chi connectivity index (χ0v) is 12.8. The molecule has 4 heteroatoms. The maximum atomic E-state index is 11.4. The summed E-state index contributed by atoms with van der Waals surface area (Å²) in [5.74, 6) is 0.910. The van der Waals surface area contributed by atoms with Crippen LogP contribution in [0, 0.1) is 0 Å². The average molecular weight is 297 g/mol. The van der Waals surface area contributed by atoms with Crippen LogP contribution in [0.4, 0.5) is 11.4 Å². The van der Waals surface area contributed by atoms with Crippen LogP contribution in [0.25, 0.3) is 0 Å². The van der Waals surface area contributed by atoms with Gasteiger partial charge in [0.25, 0.3) is 0 Å². The third-order valence-electron chi connectivity index (χ3n) is 2.87. The van der Waals surface area contributed by atoms with Crippen molar-refractivity contribution < 1.29 is 14.3 Å². The zero-order valence-electron chi connectivity index (χ0n) is 12.8. The lowest BCUT2D eigenvalue weighted by Crippen LogP contribution is -2.07. The number of anilines is 2. The summed E-state index contributed by atoms with van der Waals surface area (Å²) in [6.45, 7) is 7.77. The van der Waals surface area contributed by atoms with Crippen molar-refractivity contribution in [1.29, 1.82) is 0 Å². The number of esters is 1. The van der Waals surface area contributed by atoms with Crippen molar-refractivity contribution >= 4 is 17.3 Å². The Labute approximate surface area is 130 Å². The molecule has 2 rings (SSSR count). The van der Waals surface area contributed by atoms with Gasteiger partial charge in [-0.05, 0) is 62.4 Å². The minimum Gasteiger partial charge on any atom is -0.494 e. The first kappa shape index (κ1) is 15.6. The Morgan fingerprint density at radius 3 is 1.95 bits per heavy atom. The quantitative estimate of drug-likeness (QED) is 0.490. The van der Waals surface area contributed by atoms with Crippen molar-refractivity contribution in [3.63, 3.8) is 0 Å². The molecular formula is C18H19NO3. The number of ether oxygens (including phenoxy) is 2. The second-order valence-electron chi connectivity index (χ2n) is 4.78. The van der Waals surface area contributed by atoms with Crippen molar-refractivity contribution in [2.75, 3.05) is 11.9 Å². The van der Waals surface area contributed by atoms with E-state index in [1.54, 1.807) is 19.1 Å². The summed E-state index contributed by atoms with van der Waals surface area (Å²) in [7, 11) is 0. The van der Waals surface area contributed by atoms with Crippen LogP contribution >= 0.6 is 0 Å². The van der Waals surface area contributed by atoms with Gasteiger partial charge in [-0.1, -0.05) is 6.58 Å². The molecular weight excluding hydrogens is 278 g/mol. The molecule has 0 saturated heterocycles. The summed E-state index contributed by atoms with van der Waals surface area (Å²) < 4.78 is 10.5. The molecule has 0 saturated carbocycles. The van der Waals surface area contributed by atoms with E-state index in [0.717, 1.165) is 17.1 Å². The fourth-order valence-electron chi connectivity index (χ4n) is 1.77. The van der Waals surface area contributed by atoms with Gasteiger partial charge < -0.3 is 14.8 Å². The lowest BCUT2D eigenvalue weighted by Gasteiger charge is -2.09. The molecule has 4 nitrogen and oxygen atoms in total. The first-order valence-electron chi connectivity index (χ1n) is 7.06. The summed E-state index contributed by atoms with van der Waals surface area (Å²) in [6.07, 6.45) is 0. The van der Waals surface area contributed by atoms with Crippen molar-refractivity contribution in [3.8, 4) is 11.5 Å². The monoisotopic (exact) mass is 297 g/mol. The number of hydrogen-bond donors (Lipinski definition) is 1. The van der Waals surface area contributed by atoms with Gasteiger partial charge in [-0.25, -0.2) is 4.79 Å². The van der Waals surface area contributed by atoms with Crippen LogP contribution < -0.4 is 14.8 Å². The van der Waals surface area contributed by atoms with Crippen LogP contribution in [0.5, 0.6) is 11.5 Å². The Morgan fingerprint density at radius 1 is 1.00 bits per heavy atom. The number of hydrogen-bond acceptors (Lipinski definition) is 4. The topological polar surface area (TPSA) is 47.6 Å². The summed E-state index contributed by atoms with van der Waals surface area (Å²) >= 11 is 0. The molecule has 0 aliphatic heterocycles. The molecule has 0 radical (unpaired) electrons. The van der Waals surface area contributed by atoms with E-state index < -0.39 is 5.97 Å². The van der Waals surface area contributed by atoms with E-state index in [-0.39, 0.29) is 0 Å². The van der Waals surface area contributed by atoms with E-state index in [0.29, 0.717) is 17.9 Å². The summed E-state index contributed by atoms with van der Waals surface area (Å²) in [5.41, 5.74) is 2.23. The van der Waals surface area contributed by atoms with E-state index in [9.17, 15) is 4.79 Å². The van der Waals surface area contributed by atoms with Crippen LogP contribution in [0.15, 0.2) is 60.7 Å². The maximum absolute atomic E-state index is 11.4. The number of carbonyl (C=O) groups is 1. The van der Waals surface area contributed by atoms with Gasteiger partial charge in [0.2, 0.25) is 0 Å². The molecule has 2 aromatic rings. The highest BCUT2D eigenvalue weighted by Crippen LogP contribution is 2.22. The number of benzene rings is 2. The summed E-state index contributed by atoms with van der Waals surface area (Å²) in [4.78, 5) is 11.4. The molecule has 22 heavy (non-hydrogen) atoms. The van der Waals surface area contributed by atoms with Crippen molar-refractivity contribution in [2.24, 2.45) is 0 Å². The van der Waals surface area contributed by atoms with Gasteiger partial charge in [0.05, 0.1) is 6.61 Å². The van der Waals surface area contributed by atoms with E-state index in [1.165, 1.54) is 0 Å². The second kappa shape index (κ2) is 7.31. The highest BCUT2D eigenvalue weighted by Gasteiger charge is 2.05. The maximum Gasteiger partial charge on any atom is 0.338 e. The van der Waals surface area contributed by atoms with Crippen LogP contribution in [-0.2, 0) is 4.79 Å². The fourth-order valence-corrected chi connectivity index (χ4v) is 1.77. The predicted molar refractivity (Wildman–Crippen MR) is 87.8 cm³/mol. The number of carbonyl (C=O) groups excluding carboxylic acids is 1. The van der Waals surface area contributed by atoms with E-state index in [2.05, 4.69) is 11.9 Å². The molecule has 0 aliphatic rings. The van der Waals surface area contributed by atoms with Gasteiger partial charge in [-0.2, -0.15) is 0 Å². The molecule has 0 heterocycles. The third kappa shape index (κ3) is 4.38. The summed E-state index contributed by atoms with van der Waals surface area (Å²) in [5, 5.41) is 3.26. The highest BCUT2D eigenvalue weighted by atomic mass is 16.5. The first-order chi connectivity index (χ1) is 10.6. The van der Waals surface area contributed by atoms with Crippen LogP contribution in [0.1, 0.15) is 13.8 Å². The minimum absolute atomic E-state index is 0.372. The van der Waals surface area contributed by atoms with Crippen LogP contribution in [0.2, 0.25) is 0 Å². The van der Waals surface area contributed by atoms with Gasteiger partial charge >= 0.3 is 5.97 Å². The van der Waals surface area contributed by atoms with Crippen LogP contribution in [0.3, 0.4) is 0 Å². The lowest BCUT2D eigenvalue weighted by molar-refractivity contribution is -0.130. The smallest absolute Gasteiger partial charge is 0.338 e. The third-order valence-corrected chi connectivity index (χ3v) is 2.87. The molecule has 114 valence electrons. The Bertz CT molecular complexity index is 645. The number of nitrogens with one attached hydrogen (secondary N) is 1. The van der Waals surface area contributed by atoms with Crippen molar-refractivity contribution in [3.05, 3.63) is 60.7 Å². The van der Waals surface area contributed by atoms with Gasteiger partial charge in [-0.3, -0.25) is 0 Å².